The largest absolute Gasteiger partial charge is 0.325 e. The third-order valence-electron chi connectivity index (χ3n) is 2.59. The maximum atomic E-state index is 6.04. The van der Waals surface area contributed by atoms with Crippen LogP contribution in [0.4, 0.5) is 0 Å². The van der Waals surface area contributed by atoms with Crippen LogP contribution in [0.1, 0.15) is 19.3 Å². The van der Waals surface area contributed by atoms with E-state index in [0.717, 1.165) is 17.2 Å². The molecule has 76 valence electrons. The molecule has 0 bridgehead atoms. The molecule has 2 N–H and O–H groups in total. The highest BCUT2D eigenvalue weighted by atomic mass is 35.5. The maximum absolute atomic E-state index is 6.04. The molecular weight excluding hydrogens is 214 g/mol. The van der Waals surface area contributed by atoms with E-state index in [1.165, 1.54) is 17.7 Å². The molecule has 0 atom stereocenters. The molecule has 0 spiro atoms. The summed E-state index contributed by atoms with van der Waals surface area (Å²) >= 11 is 7.84. The van der Waals surface area contributed by atoms with Crippen molar-refractivity contribution < 1.29 is 0 Å². The number of halogens is 1. The molecule has 14 heavy (non-hydrogen) atoms. The van der Waals surface area contributed by atoms with Crippen molar-refractivity contribution in [2.45, 2.75) is 29.7 Å². The maximum Gasteiger partial charge on any atom is 0.0541 e. The van der Waals surface area contributed by atoms with Crippen LogP contribution in [0, 0.1) is 0 Å². The van der Waals surface area contributed by atoms with Crippen LogP contribution in [-0.4, -0.2) is 11.3 Å². The lowest BCUT2D eigenvalue weighted by Gasteiger charge is -2.08. The first-order valence-electron chi connectivity index (χ1n) is 4.86. The Bertz CT molecular complexity index is 323. The monoisotopic (exact) mass is 227 g/mol. The van der Waals surface area contributed by atoms with Gasteiger partial charge >= 0.3 is 0 Å². The number of nitrogens with two attached hydrogens (primary N) is 1. The van der Waals surface area contributed by atoms with E-state index in [1.807, 2.05) is 18.2 Å². The molecular formula is C11H14ClNS. The molecule has 0 radical (unpaired) electrons. The Balaban J connectivity index is 1.83. The van der Waals surface area contributed by atoms with Crippen LogP contribution in [0.15, 0.2) is 29.2 Å². The third kappa shape index (κ3) is 2.66. The lowest BCUT2D eigenvalue weighted by Crippen LogP contribution is -2.21. The normalized spacial score (nSPS) is 18.1. The molecule has 1 nitrogen and oxygen atoms in total. The molecule has 3 heteroatoms. The Morgan fingerprint density at radius 3 is 2.71 bits per heavy atom. The minimum atomic E-state index is 0.161. The zero-order valence-corrected chi connectivity index (χ0v) is 9.57. The molecule has 2 rings (SSSR count). The zero-order chi connectivity index (χ0) is 10.0. The van der Waals surface area contributed by atoms with Crippen molar-refractivity contribution in [3.8, 4) is 0 Å². The molecule has 1 fully saturated rings. The molecule has 1 saturated carbocycles. The fraction of sp³-hybridized carbons (Fsp3) is 0.455. The van der Waals surface area contributed by atoms with Crippen molar-refractivity contribution in [1.82, 2.24) is 0 Å². The van der Waals surface area contributed by atoms with E-state index >= 15 is 0 Å². The third-order valence-corrected chi connectivity index (χ3v) is 4.10. The second-order valence-electron chi connectivity index (χ2n) is 3.89. The van der Waals surface area contributed by atoms with Gasteiger partial charge in [-0.2, -0.15) is 0 Å². The summed E-state index contributed by atoms with van der Waals surface area (Å²) in [6, 6.07) is 7.96. The van der Waals surface area contributed by atoms with Crippen molar-refractivity contribution in [3.63, 3.8) is 0 Å². The van der Waals surface area contributed by atoms with Crippen LogP contribution in [0.2, 0.25) is 5.02 Å². The predicted molar refractivity (Wildman–Crippen MR) is 62.9 cm³/mol. The smallest absolute Gasteiger partial charge is 0.0541 e. The summed E-state index contributed by atoms with van der Waals surface area (Å²) in [5, 5.41) is 0.847. The van der Waals surface area contributed by atoms with Crippen molar-refractivity contribution in [2.24, 2.45) is 5.73 Å². The van der Waals surface area contributed by atoms with Gasteiger partial charge in [0.2, 0.25) is 0 Å². The van der Waals surface area contributed by atoms with E-state index in [4.69, 9.17) is 17.3 Å². The Labute approximate surface area is 94.0 Å². The molecule has 0 saturated heterocycles. The van der Waals surface area contributed by atoms with E-state index in [0.29, 0.717) is 0 Å². The number of benzene rings is 1. The SMILES string of the molecule is NC1(CCSc2ccccc2Cl)CC1. The lowest BCUT2D eigenvalue weighted by molar-refractivity contribution is 0.656. The summed E-state index contributed by atoms with van der Waals surface area (Å²) in [5.74, 6) is 1.07. The van der Waals surface area contributed by atoms with Crippen LogP contribution >= 0.6 is 23.4 Å². The van der Waals surface area contributed by atoms with E-state index < -0.39 is 0 Å². The molecule has 1 aromatic carbocycles. The summed E-state index contributed by atoms with van der Waals surface area (Å²) in [6.45, 7) is 0. The first kappa shape index (κ1) is 10.3. The van der Waals surface area contributed by atoms with Gasteiger partial charge in [0.05, 0.1) is 5.02 Å². The Morgan fingerprint density at radius 1 is 1.36 bits per heavy atom. The second-order valence-corrected chi connectivity index (χ2v) is 5.44. The molecule has 0 aromatic heterocycles. The highest BCUT2D eigenvalue weighted by molar-refractivity contribution is 7.99. The quantitative estimate of drug-likeness (QED) is 0.799. The Kier molecular flexibility index (Phi) is 3.05. The van der Waals surface area contributed by atoms with Crippen molar-refractivity contribution in [2.75, 3.05) is 5.75 Å². The minimum Gasteiger partial charge on any atom is -0.325 e. The van der Waals surface area contributed by atoms with Crippen LogP contribution in [-0.2, 0) is 0 Å². The molecule has 0 amide bonds. The first-order chi connectivity index (χ1) is 6.70. The molecule has 0 unspecified atom stereocenters. The number of thioether (sulfide) groups is 1. The standard InChI is InChI=1S/C11H14ClNS/c12-9-3-1-2-4-10(9)14-8-7-11(13)5-6-11/h1-4H,5-8,13H2. The van der Waals surface area contributed by atoms with Gasteiger partial charge in [-0.05, 0) is 37.1 Å². The van der Waals surface area contributed by atoms with Crippen LogP contribution < -0.4 is 5.73 Å². The Morgan fingerprint density at radius 2 is 2.07 bits per heavy atom. The average Bonchev–Trinajstić information content (AvgIpc) is 2.88. The number of hydrogen-bond donors (Lipinski definition) is 1. The van der Waals surface area contributed by atoms with Gasteiger partial charge < -0.3 is 5.73 Å². The van der Waals surface area contributed by atoms with Crippen molar-refractivity contribution >= 4 is 23.4 Å². The van der Waals surface area contributed by atoms with Gasteiger partial charge in [0.1, 0.15) is 0 Å². The second kappa shape index (κ2) is 4.13. The molecule has 1 aliphatic carbocycles. The summed E-state index contributed by atoms with van der Waals surface area (Å²) < 4.78 is 0. The Hall–Kier alpha value is -0.180. The summed E-state index contributed by atoms with van der Waals surface area (Å²) in [4.78, 5) is 1.17. The van der Waals surface area contributed by atoms with Gasteiger partial charge in [-0.1, -0.05) is 23.7 Å². The number of hydrogen-bond acceptors (Lipinski definition) is 2. The van der Waals surface area contributed by atoms with Gasteiger partial charge in [0.15, 0.2) is 0 Å². The van der Waals surface area contributed by atoms with E-state index in [1.54, 1.807) is 11.8 Å². The van der Waals surface area contributed by atoms with Gasteiger partial charge in [0, 0.05) is 10.4 Å². The lowest BCUT2D eigenvalue weighted by atomic mass is 10.2. The molecule has 1 aromatic rings. The van der Waals surface area contributed by atoms with Gasteiger partial charge in [-0.25, -0.2) is 0 Å². The first-order valence-corrected chi connectivity index (χ1v) is 6.22. The summed E-state index contributed by atoms with van der Waals surface area (Å²) in [6.07, 6.45) is 3.48. The molecule has 0 aliphatic heterocycles. The van der Waals surface area contributed by atoms with E-state index in [2.05, 4.69) is 6.07 Å². The van der Waals surface area contributed by atoms with E-state index in [-0.39, 0.29) is 5.54 Å². The highest BCUT2D eigenvalue weighted by Gasteiger charge is 2.37. The van der Waals surface area contributed by atoms with Crippen molar-refractivity contribution in [3.05, 3.63) is 29.3 Å². The molecule has 0 heterocycles. The summed E-state index contributed by atoms with van der Waals surface area (Å²) in [5.41, 5.74) is 6.16. The number of rotatable bonds is 4. The van der Waals surface area contributed by atoms with Gasteiger partial charge in [-0.15, -0.1) is 11.8 Å². The topological polar surface area (TPSA) is 26.0 Å². The summed E-state index contributed by atoms with van der Waals surface area (Å²) in [7, 11) is 0. The average molecular weight is 228 g/mol. The predicted octanol–water partition coefficient (Wildman–Crippen LogP) is 3.31. The van der Waals surface area contributed by atoms with Crippen molar-refractivity contribution in [1.29, 1.82) is 0 Å². The van der Waals surface area contributed by atoms with Crippen LogP contribution in [0.25, 0.3) is 0 Å². The van der Waals surface area contributed by atoms with E-state index in [9.17, 15) is 0 Å². The van der Waals surface area contributed by atoms with Crippen LogP contribution in [0.5, 0.6) is 0 Å². The molecule has 1 aliphatic rings. The fourth-order valence-electron chi connectivity index (χ4n) is 1.34. The van der Waals surface area contributed by atoms with Gasteiger partial charge in [0.25, 0.3) is 0 Å². The van der Waals surface area contributed by atoms with Gasteiger partial charge in [-0.3, -0.25) is 0 Å². The van der Waals surface area contributed by atoms with Crippen LogP contribution in [0.3, 0.4) is 0 Å². The fourth-order valence-corrected chi connectivity index (χ4v) is 2.75. The minimum absolute atomic E-state index is 0.161. The highest BCUT2D eigenvalue weighted by Crippen LogP contribution is 2.38. The zero-order valence-electron chi connectivity index (χ0n) is 8.00.